The SMILES string of the molecule is CC(OC=O)c1nc(CC2CCCCC2)cs1. The summed E-state index contributed by atoms with van der Waals surface area (Å²) in [5.41, 5.74) is 1.17. The van der Waals surface area contributed by atoms with E-state index in [4.69, 9.17) is 4.74 Å². The van der Waals surface area contributed by atoms with E-state index in [1.54, 1.807) is 11.3 Å². The summed E-state index contributed by atoms with van der Waals surface area (Å²) in [6.07, 6.45) is 7.68. The normalized spacial score (nSPS) is 18.9. The summed E-state index contributed by atoms with van der Waals surface area (Å²) in [4.78, 5) is 14.8. The Hall–Kier alpha value is -0.900. The van der Waals surface area contributed by atoms with Gasteiger partial charge in [-0.25, -0.2) is 4.98 Å². The number of hydrogen-bond acceptors (Lipinski definition) is 4. The Balaban J connectivity index is 1.90. The Kier molecular flexibility index (Phi) is 4.54. The lowest BCUT2D eigenvalue weighted by Crippen LogP contribution is -2.09. The smallest absolute Gasteiger partial charge is 0.293 e. The first kappa shape index (κ1) is 12.6. The number of ether oxygens (including phenoxy) is 1. The van der Waals surface area contributed by atoms with Crippen molar-refractivity contribution in [3.8, 4) is 0 Å². The van der Waals surface area contributed by atoms with Gasteiger partial charge in [0.1, 0.15) is 11.1 Å². The monoisotopic (exact) mass is 253 g/mol. The first-order chi connectivity index (χ1) is 8.29. The number of thiazole rings is 1. The maximum Gasteiger partial charge on any atom is 0.293 e. The predicted octanol–water partition coefficient (Wildman–Crippen LogP) is 3.50. The highest BCUT2D eigenvalue weighted by Crippen LogP contribution is 2.28. The summed E-state index contributed by atoms with van der Waals surface area (Å²) in [5, 5.41) is 3.01. The summed E-state index contributed by atoms with van der Waals surface area (Å²) in [7, 11) is 0. The van der Waals surface area contributed by atoms with E-state index >= 15 is 0 Å². The van der Waals surface area contributed by atoms with E-state index in [1.807, 2.05) is 6.92 Å². The Morgan fingerprint density at radius 1 is 1.53 bits per heavy atom. The molecule has 0 radical (unpaired) electrons. The summed E-state index contributed by atoms with van der Waals surface area (Å²) in [6, 6.07) is 0. The van der Waals surface area contributed by atoms with Crippen LogP contribution in [0.15, 0.2) is 5.38 Å². The molecular weight excluding hydrogens is 234 g/mol. The Morgan fingerprint density at radius 3 is 3.00 bits per heavy atom. The molecule has 0 amide bonds. The van der Waals surface area contributed by atoms with Crippen molar-refractivity contribution in [1.29, 1.82) is 0 Å². The molecule has 1 aromatic rings. The lowest BCUT2D eigenvalue weighted by molar-refractivity contribution is -0.133. The molecule has 1 aromatic heterocycles. The van der Waals surface area contributed by atoms with Crippen molar-refractivity contribution in [1.82, 2.24) is 4.98 Å². The molecule has 1 unspecified atom stereocenters. The molecule has 1 saturated carbocycles. The van der Waals surface area contributed by atoms with Crippen LogP contribution in [0.4, 0.5) is 0 Å². The van der Waals surface area contributed by atoms with Crippen LogP contribution >= 0.6 is 11.3 Å². The topological polar surface area (TPSA) is 39.2 Å². The van der Waals surface area contributed by atoms with E-state index < -0.39 is 0 Å². The minimum Gasteiger partial charge on any atom is -0.457 e. The Labute approximate surface area is 106 Å². The third kappa shape index (κ3) is 3.53. The van der Waals surface area contributed by atoms with Crippen LogP contribution in [0.2, 0.25) is 0 Å². The molecule has 1 atom stereocenters. The highest BCUT2D eigenvalue weighted by atomic mass is 32.1. The highest BCUT2D eigenvalue weighted by molar-refractivity contribution is 7.09. The quantitative estimate of drug-likeness (QED) is 0.754. The second kappa shape index (κ2) is 6.15. The summed E-state index contributed by atoms with van der Waals surface area (Å²) in [5.74, 6) is 0.806. The number of hydrogen-bond donors (Lipinski definition) is 0. The molecule has 17 heavy (non-hydrogen) atoms. The van der Waals surface area contributed by atoms with Gasteiger partial charge in [0.2, 0.25) is 0 Å². The summed E-state index contributed by atoms with van der Waals surface area (Å²) >= 11 is 1.59. The van der Waals surface area contributed by atoms with E-state index in [9.17, 15) is 4.79 Å². The van der Waals surface area contributed by atoms with Crippen LogP contribution in [0.1, 0.15) is 55.8 Å². The lowest BCUT2D eigenvalue weighted by atomic mass is 9.86. The lowest BCUT2D eigenvalue weighted by Gasteiger charge is -2.20. The minimum atomic E-state index is -0.211. The fraction of sp³-hybridized carbons (Fsp3) is 0.692. The number of carbonyl (C=O) groups excluding carboxylic acids is 1. The van der Waals surface area contributed by atoms with E-state index in [1.165, 1.54) is 37.8 Å². The maximum absolute atomic E-state index is 10.3. The molecule has 0 aliphatic heterocycles. The molecule has 1 fully saturated rings. The molecule has 0 aromatic carbocycles. The van der Waals surface area contributed by atoms with E-state index in [0.717, 1.165) is 17.3 Å². The van der Waals surface area contributed by atoms with Gasteiger partial charge >= 0.3 is 0 Å². The van der Waals surface area contributed by atoms with Gasteiger partial charge in [0.15, 0.2) is 0 Å². The summed E-state index contributed by atoms with van der Waals surface area (Å²) < 4.78 is 4.90. The second-order valence-corrected chi connectivity index (χ2v) is 5.65. The Morgan fingerprint density at radius 2 is 2.29 bits per heavy atom. The number of rotatable bonds is 5. The molecule has 1 aliphatic carbocycles. The van der Waals surface area contributed by atoms with Crippen molar-refractivity contribution < 1.29 is 9.53 Å². The second-order valence-electron chi connectivity index (χ2n) is 4.76. The molecule has 1 heterocycles. The molecule has 4 heteroatoms. The standard InChI is InChI=1S/C13H19NO2S/c1-10(16-9-15)13-14-12(8-17-13)7-11-5-3-2-4-6-11/h8-11H,2-7H2,1H3. The van der Waals surface area contributed by atoms with Crippen molar-refractivity contribution in [3.05, 3.63) is 16.1 Å². The third-order valence-electron chi connectivity index (χ3n) is 3.40. The van der Waals surface area contributed by atoms with Gasteiger partial charge in [-0.15, -0.1) is 11.3 Å². The first-order valence-electron chi connectivity index (χ1n) is 6.33. The number of aromatic nitrogens is 1. The molecule has 0 N–H and O–H groups in total. The zero-order chi connectivity index (χ0) is 12.1. The van der Waals surface area contributed by atoms with Crippen LogP contribution < -0.4 is 0 Å². The molecule has 0 saturated heterocycles. The van der Waals surface area contributed by atoms with E-state index in [2.05, 4.69) is 10.4 Å². The van der Waals surface area contributed by atoms with Crippen molar-refractivity contribution >= 4 is 17.8 Å². The minimum absolute atomic E-state index is 0.211. The molecule has 2 rings (SSSR count). The van der Waals surface area contributed by atoms with Crippen molar-refractivity contribution in [2.75, 3.05) is 0 Å². The van der Waals surface area contributed by atoms with Crippen LogP contribution in [-0.2, 0) is 16.0 Å². The van der Waals surface area contributed by atoms with Gasteiger partial charge in [-0.2, -0.15) is 0 Å². The fourth-order valence-corrected chi connectivity index (χ4v) is 3.25. The van der Waals surface area contributed by atoms with Gasteiger partial charge < -0.3 is 4.74 Å². The number of carbonyl (C=O) groups is 1. The summed E-state index contributed by atoms with van der Waals surface area (Å²) in [6.45, 7) is 2.35. The molecule has 94 valence electrons. The van der Waals surface area contributed by atoms with Gasteiger partial charge in [-0.3, -0.25) is 4.79 Å². The zero-order valence-corrected chi connectivity index (χ0v) is 11.0. The molecule has 3 nitrogen and oxygen atoms in total. The van der Waals surface area contributed by atoms with Gasteiger partial charge in [0, 0.05) is 5.38 Å². The molecule has 0 spiro atoms. The largest absolute Gasteiger partial charge is 0.457 e. The molecule has 1 aliphatic rings. The predicted molar refractivity (Wildman–Crippen MR) is 68.0 cm³/mol. The maximum atomic E-state index is 10.3. The van der Waals surface area contributed by atoms with Crippen molar-refractivity contribution in [2.24, 2.45) is 5.92 Å². The van der Waals surface area contributed by atoms with Gasteiger partial charge in [0.05, 0.1) is 5.69 Å². The van der Waals surface area contributed by atoms with Gasteiger partial charge in [-0.1, -0.05) is 32.1 Å². The Bertz CT molecular complexity index is 358. The molecule has 0 bridgehead atoms. The average Bonchev–Trinajstić information content (AvgIpc) is 2.79. The first-order valence-corrected chi connectivity index (χ1v) is 7.21. The zero-order valence-electron chi connectivity index (χ0n) is 10.2. The highest BCUT2D eigenvalue weighted by Gasteiger charge is 2.17. The average molecular weight is 253 g/mol. The number of nitrogens with zero attached hydrogens (tertiary/aromatic N) is 1. The third-order valence-corrected chi connectivity index (χ3v) is 4.45. The molecular formula is C13H19NO2S. The van der Waals surface area contributed by atoms with Gasteiger partial charge in [-0.05, 0) is 19.3 Å². The van der Waals surface area contributed by atoms with Crippen LogP contribution in [0.5, 0.6) is 0 Å². The van der Waals surface area contributed by atoms with Crippen LogP contribution in [-0.4, -0.2) is 11.5 Å². The van der Waals surface area contributed by atoms with E-state index in [-0.39, 0.29) is 6.10 Å². The van der Waals surface area contributed by atoms with Crippen LogP contribution in [0, 0.1) is 5.92 Å². The van der Waals surface area contributed by atoms with Crippen molar-refractivity contribution in [3.63, 3.8) is 0 Å². The van der Waals surface area contributed by atoms with E-state index in [0.29, 0.717) is 6.47 Å². The fourth-order valence-electron chi connectivity index (χ4n) is 2.43. The van der Waals surface area contributed by atoms with Crippen molar-refractivity contribution in [2.45, 2.75) is 51.6 Å². The van der Waals surface area contributed by atoms with Gasteiger partial charge in [0.25, 0.3) is 6.47 Å². The van der Waals surface area contributed by atoms with Crippen LogP contribution in [0.25, 0.3) is 0 Å². The van der Waals surface area contributed by atoms with Crippen LogP contribution in [0.3, 0.4) is 0 Å².